The van der Waals surface area contributed by atoms with Gasteiger partial charge in [0, 0.05) is 17.6 Å². The maximum Gasteiger partial charge on any atom is 0.119 e. The third kappa shape index (κ3) is 4.04. The monoisotopic (exact) mass is 305 g/mol. The van der Waals surface area contributed by atoms with Crippen molar-refractivity contribution in [3.63, 3.8) is 0 Å². The van der Waals surface area contributed by atoms with Crippen molar-refractivity contribution < 1.29 is 4.74 Å². The number of nitrogens with one attached hydrogen (secondary N) is 1. The van der Waals surface area contributed by atoms with Crippen LogP contribution >= 0.6 is 0 Å². The number of benzene rings is 3. The molecule has 118 valence electrons. The largest absolute Gasteiger partial charge is 0.493 e. The van der Waals surface area contributed by atoms with E-state index in [-0.39, 0.29) is 0 Å². The van der Waals surface area contributed by atoms with Gasteiger partial charge in [0.2, 0.25) is 0 Å². The third-order valence-corrected chi connectivity index (χ3v) is 3.75. The number of anilines is 1. The highest BCUT2D eigenvalue weighted by molar-refractivity contribution is 5.93. The Morgan fingerprint density at radius 1 is 0.913 bits per heavy atom. The van der Waals surface area contributed by atoms with E-state index in [4.69, 9.17) is 4.74 Å². The summed E-state index contributed by atoms with van der Waals surface area (Å²) in [6.07, 6.45) is 0. The van der Waals surface area contributed by atoms with Crippen molar-refractivity contribution in [2.75, 3.05) is 11.9 Å². The summed E-state index contributed by atoms with van der Waals surface area (Å²) < 4.78 is 5.80. The van der Waals surface area contributed by atoms with Gasteiger partial charge in [-0.25, -0.2) is 0 Å². The Hall–Kier alpha value is -2.48. The van der Waals surface area contributed by atoms with E-state index in [1.807, 2.05) is 6.07 Å². The van der Waals surface area contributed by atoms with E-state index in [0.717, 1.165) is 24.6 Å². The van der Waals surface area contributed by atoms with Crippen molar-refractivity contribution in [3.8, 4) is 5.75 Å². The molecule has 2 nitrogen and oxygen atoms in total. The minimum atomic E-state index is 0.535. The smallest absolute Gasteiger partial charge is 0.119 e. The highest BCUT2D eigenvalue weighted by Gasteiger charge is 2.02. The van der Waals surface area contributed by atoms with Crippen molar-refractivity contribution in [3.05, 3.63) is 72.3 Å². The summed E-state index contributed by atoms with van der Waals surface area (Å²) in [5, 5.41) is 6.05. The van der Waals surface area contributed by atoms with Gasteiger partial charge in [-0.2, -0.15) is 0 Å². The lowest BCUT2D eigenvalue weighted by Gasteiger charge is -2.12. The molecule has 3 rings (SSSR count). The summed E-state index contributed by atoms with van der Waals surface area (Å²) in [4.78, 5) is 0. The van der Waals surface area contributed by atoms with E-state index in [2.05, 4.69) is 79.8 Å². The first-order chi connectivity index (χ1) is 11.2. The van der Waals surface area contributed by atoms with E-state index in [0.29, 0.717) is 5.92 Å². The Morgan fingerprint density at radius 3 is 2.57 bits per heavy atom. The molecule has 0 aliphatic carbocycles. The molecule has 3 aromatic rings. The Bertz CT molecular complexity index is 774. The van der Waals surface area contributed by atoms with E-state index in [1.54, 1.807) is 0 Å². The first-order valence-corrected chi connectivity index (χ1v) is 8.16. The van der Waals surface area contributed by atoms with Crippen LogP contribution in [0.15, 0.2) is 66.7 Å². The molecule has 2 heteroatoms. The fourth-order valence-electron chi connectivity index (χ4n) is 2.58. The Morgan fingerprint density at radius 2 is 1.70 bits per heavy atom. The van der Waals surface area contributed by atoms with Gasteiger partial charge in [0.25, 0.3) is 0 Å². The summed E-state index contributed by atoms with van der Waals surface area (Å²) >= 11 is 0. The maximum atomic E-state index is 5.80. The fraction of sp³-hybridized carbons (Fsp3) is 0.238. The van der Waals surface area contributed by atoms with Crippen LogP contribution in [0.3, 0.4) is 0 Å². The van der Waals surface area contributed by atoms with Crippen LogP contribution in [0.25, 0.3) is 10.8 Å². The molecule has 23 heavy (non-hydrogen) atoms. The second-order valence-corrected chi connectivity index (χ2v) is 6.23. The molecule has 0 bridgehead atoms. The van der Waals surface area contributed by atoms with Crippen LogP contribution in [0.5, 0.6) is 5.75 Å². The van der Waals surface area contributed by atoms with Gasteiger partial charge in [0.05, 0.1) is 6.61 Å². The van der Waals surface area contributed by atoms with Crippen molar-refractivity contribution in [1.82, 2.24) is 0 Å². The van der Waals surface area contributed by atoms with E-state index in [9.17, 15) is 0 Å². The summed E-state index contributed by atoms with van der Waals surface area (Å²) in [6, 6.07) is 23.1. The summed E-state index contributed by atoms with van der Waals surface area (Å²) in [5.74, 6) is 1.48. The molecule has 0 amide bonds. The zero-order valence-corrected chi connectivity index (χ0v) is 13.8. The van der Waals surface area contributed by atoms with Crippen LogP contribution in [0, 0.1) is 5.92 Å². The van der Waals surface area contributed by atoms with Gasteiger partial charge in [0.1, 0.15) is 5.75 Å². The Kier molecular flexibility index (Phi) is 4.82. The van der Waals surface area contributed by atoms with E-state index < -0.39 is 0 Å². The van der Waals surface area contributed by atoms with Gasteiger partial charge in [-0.3, -0.25) is 0 Å². The number of fused-ring (bicyclic) bond motifs is 1. The summed E-state index contributed by atoms with van der Waals surface area (Å²) in [7, 11) is 0. The molecular weight excluding hydrogens is 282 g/mol. The highest BCUT2D eigenvalue weighted by Crippen LogP contribution is 2.24. The molecule has 0 heterocycles. The lowest BCUT2D eigenvalue weighted by atomic mass is 10.1. The van der Waals surface area contributed by atoms with Gasteiger partial charge in [-0.1, -0.05) is 62.4 Å². The zero-order valence-electron chi connectivity index (χ0n) is 13.8. The summed E-state index contributed by atoms with van der Waals surface area (Å²) in [6.45, 7) is 5.85. The second kappa shape index (κ2) is 7.19. The summed E-state index contributed by atoms with van der Waals surface area (Å²) in [5.41, 5.74) is 2.38. The number of hydrogen-bond acceptors (Lipinski definition) is 2. The highest BCUT2D eigenvalue weighted by atomic mass is 16.5. The average molecular weight is 305 g/mol. The standard InChI is InChI=1S/C21H23NO/c1-16(2)15-23-19-10-5-7-17(13-19)14-22-21-12-6-9-18-8-3-4-11-20(18)21/h3-13,16,22H,14-15H2,1-2H3. The van der Waals surface area contributed by atoms with Gasteiger partial charge in [0.15, 0.2) is 0 Å². The predicted molar refractivity (Wildman–Crippen MR) is 98.0 cm³/mol. The van der Waals surface area contributed by atoms with Crippen LogP contribution in [0.4, 0.5) is 5.69 Å². The molecule has 0 aliphatic heterocycles. The maximum absolute atomic E-state index is 5.80. The molecule has 0 unspecified atom stereocenters. The van der Waals surface area contributed by atoms with Crippen LogP contribution < -0.4 is 10.1 Å². The molecule has 0 saturated heterocycles. The zero-order chi connectivity index (χ0) is 16.1. The molecule has 0 saturated carbocycles. The van der Waals surface area contributed by atoms with Crippen LogP contribution in [-0.2, 0) is 6.54 Å². The van der Waals surface area contributed by atoms with Crippen molar-refractivity contribution in [2.45, 2.75) is 20.4 Å². The number of ether oxygens (including phenoxy) is 1. The minimum absolute atomic E-state index is 0.535. The van der Waals surface area contributed by atoms with Crippen molar-refractivity contribution in [1.29, 1.82) is 0 Å². The topological polar surface area (TPSA) is 21.3 Å². The SMILES string of the molecule is CC(C)COc1cccc(CNc2cccc3ccccc23)c1. The van der Waals surface area contributed by atoms with Crippen molar-refractivity contribution >= 4 is 16.5 Å². The lowest BCUT2D eigenvalue weighted by Crippen LogP contribution is -2.05. The number of rotatable bonds is 6. The minimum Gasteiger partial charge on any atom is -0.493 e. The van der Waals surface area contributed by atoms with Crippen LogP contribution in [0.1, 0.15) is 19.4 Å². The fourth-order valence-corrected chi connectivity index (χ4v) is 2.58. The molecule has 0 spiro atoms. The third-order valence-electron chi connectivity index (χ3n) is 3.75. The normalized spacial score (nSPS) is 10.9. The van der Waals surface area contributed by atoms with Gasteiger partial charge in [-0.05, 0) is 35.1 Å². The molecule has 0 atom stereocenters. The van der Waals surface area contributed by atoms with E-state index in [1.165, 1.54) is 16.3 Å². The average Bonchev–Trinajstić information content (AvgIpc) is 2.58. The molecule has 1 N–H and O–H groups in total. The van der Waals surface area contributed by atoms with Gasteiger partial charge >= 0.3 is 0 Å². The van der Waals surface area contributed by atoms with Gasteiger partial charge in [-0.15, -0.1) is 0 Å². The van der Waals surface area contributed by atoms with Crippen LogP contribution in [0.2, 0.25) is 0 Å². The van der Waals surface area contributed by atoms with Gasteiger partial charge < -0.3 is 10.1 Å². The lowest BCUT2D eigenvalue weighted by molar-refractivity contribution is 0.271. The Balaban J connectivity index is 1.71. The molecule has 0 fully saturated rings. The molecule has 0 aliphatic rings. The predicted octanol–water partition coefficient (Wildman–Crippen LogP) is 5.49. The first-order valence-electron chi connectivity index (χ1n) is 8.16. The van der Waals surface area contributed by atoms with E-state index >= 15 is 0 Å². The molecule has 0 radical (unpaired) electrons. The molecular formula is C21H23NO. The molecule has 0 aromatic heterocycles. The second-order valence-electron chi connectivity index (χ2n) is 6.23. The number of hydrogen-bond donors (Lipinski definition) is 1. The Labute approximate surface area is 138 Å². The molecule has 3 aromatic carbocycles. The van der Waals surface area contributed by atoms with Crippen molar-refractivity contribution in [2.24, 2.45) is 5.92 Å². The van der Waals surface area contributed by atoms with Crippen LogP contribution in [-0.4, -0.2) is 6.61 Å². The quantitative estimate of drug-likeness (QED) is 0.650. The first kappa shape index (κ1) is 15.4.